The van der Waals surface area contributed by atoms with Crippen LogP contribution in [-0.4, -0.2) is 20.2 Å². The molecule has 0 aliphatic heterocycles. The van der Waals surface area contributed by atoms with Gasteiger partial charge in [-0.2, -0.15) is 4.68 Å². The van der Waals surface area contributed by atoms with Gasteiger partial charge < -0.3 is 5.73 Å². The Bertz CT molecular complexity index is 813. The van der Waals surface area contributed by atoms with E-state index in [1.165, 1.54) is 0 Å². The van der Waals surface area contributed by atoms with Crippen LogP contribution in [0.15, 0.2) is 36.4 Å². The van der Waals surface area contributed by atoms with E-state index < -0.39 is 0 Å². The third-order valence-electron chi connectivity index (χ3n) is 3.06. The lowest BCUT2D eigenvalue weighted by molar-refractivity contribution is 0.791. The van der Waals surface area contributed by atoms with Gasteiger partial charge in [-0.05, 0) is 53.2 Å². The van der Waals surface area contributed by atoms with Gasteiger partial charge in [-0.15, -0.1) is 5.10 Å². The van der Waals surface area contributed by atoms with Gasteiger partial charge in [0, 0.05) is 5.56 Å². The smallest absolute Gasteiger partial charge is 0.187 e. The molecular formula is C14H11Cl2N5. The predicted octanol–water partition coefficient (Wildman–Crippen LogP) is 3.53. The zero-order chi connectivity index (χ0) is 15.0. The maximum absolute atomic E-state index is 6.27. The van der Waals surface area contributed by atoms with E-state index in [1.807, 2.05) is 31.2 Å². The number of aryl methyl sites for hydroxylation is 1. The molecule has 0 fully saturated rings. The van der Waals surface area contributed by atoms with Crippen molar-refractivity contribution in [2.24, 2.45) is 0 Å². The molecule has 0 aliphatic carbocycles. The first kappa shape index (κ1) is 13.9. The van der Waals surface area contributed by atoms with Crippen molar-refractivity contribution in [1.29, 1.82) is 0 Å². The van der Waals surface area contributed by atoms with Crippen molar-refractivity contribution < 1.29 is 0 Å². The van der Waals surface area contributed by atoms with Gasteiger partial charge in [-0.3, -0.25) is 0 Å². The summed E-state index contributed by atoms with van der Waals surface area (Å²) in [5, 5.41) is 12.8. The first-order chi connectivity index (χ1) is 10.1. The SMILES string of the molecule is Cc1ccc(-n2nnnc2-c2ccc(Cl)c(N)c2)c(Cl)c1. The van der Waals surface area contributed by atoms with Crippen molar-refractivity contribution in [3.63, 3.8) is 0 Å². The van der Waals surface area contributed by atoms with Gasteiger partial charge in [0.25, 0.3) is 0 Å². The zero-order valence-corrected chi connectivity index (χ0v) is 12.6. The maximum Gasteiger partial charge on any atom is 0.187 e. The van der Waals surface area contributed by atoms with Gasteiger partial charge in [0.2, 0.25) is 0 Å². The molecule has 0 bridgehead atoms. The Hall–Kier alpha value is -2.11. The normalized spacial score (nSPS) is 10.8. The van der Waals surface area contributed by atoms with Crippen LogP contribution < -0.4 is 5.73 Å². The van der Waals surface area contributed by atoms with Gasteiger partial charge >= 0.3 is 0 Å². The van der Waals surface area contributed by atoms with Crippen molar-refractivity contribution >= 4 is 28.9 Å². The maximum atomic E-state index is 6.27. The summed E-state index contributed by atoms with van der Waals surface area (Å²) < 4.78 is 1.57. The van der Waals surface area contributed by atoms with Crippen LogP contribution in [0.1, 0.15) is 5.56 Å². The second kappa shape index (κ2) is 5.35. The van der Waals surface area contributed by atoms with Crippen molar-refractivity contribution in [3.05, 3.63) is 52.0 Å². The van der Waals surface area contributed by atoms with Gasteiger partial charge in [-0.1, -0.05) is 29.3 Å². The van der Waals surface area contributed by atoms with Crippen LogP contribution in [0.5, 0.6) is 0 Å². The summed E-state index contributed by atoms with van der Waals surface area (Å²) in [6, 6.07) is 10.9. The second-order valence-corrected chi connectivity index (χ2v) is 5.42. The van der Waals surface area contributed by atoms with Crippen LogP contribution in [0.25, 0.3) is 17.1 Å². The lowest BCUT2D eigenvalue weighted by atomic mass is 10.2. The summed E-state index contributed by atoms with van der Waals surface area (Å²) in [5.41, 5.74) is 8.83. The van der Waals surface area contributed by atoms with E-state index >= 15 is 0 Å². The van der Waals surface area contributed by atoms with E-state index in [0.29, 0.717) is 27.2 Å². The fourth-order valence-corrected chi connectivity index (χ4v) is 2.43. The minimum Gasteiger partial charge on any atom is -0.398 e. The molecule has 0 saturated heterocycles. The molecule has 0 radical (unpaired) electrons. The number of halogens is 2. The number of nitrogens with two attached hydrogens (primary N) is 1. The average molecular weight is 320 g/mol. The molecule has 0 unspecified atom stereocenters. The Morgan fingerprint density at radius 1 is 1.05 bits per heavy atom. The van der Waals surface area contributed by atoms with Crippen LogP contribution in [-0.2, 0) is 0 Å². The van der Waals surface area contributed by atoms with E-state index in [2.05, 4.69) is 15.5 Å². The molecule has 0 saturated carbocycles. The predicted molar refractivity (Wildman–Crippen MR) is 83.8 cm³/mol. The molecule has 2 N–H and O–H groups in total. The Morgan fingerprint density at radius 2 is 1.86 bits per heavy atom. The molecule has 0 atom stereocenters. The number of anilines is 1. The quantitative estimate of drug-likeness (QED) is 0.733. The van der Waals surface area contributed by atoms with Crippen LogP contribution in [0.3, 0.4) is 0 Å². The minimum absolute atomic E-state index is 0.471. The number of nitrogen functional groups attached to an aromatic ring is 1. The molecular weight excluding hydrogens is 309 g/mol. The summed E-state index contributed by atoms with van der Waals surface area (Å²) in [5.74, 6) is 0.545. The molecule has 106 valence electrons. The standard InChI is InChI=1S/C14H11Cl2N5/c1-8-2-5-13(11(16)6-8)21-14(18-19-20-21)9-3-4-10(15)12(17)7-9/h2-7H,17H2,1H3. The summed E-state index contributed by atoms with van der Waals surface area (Å²) in [7, 11) is 0. The second-order valence-electron chi connectivity index (χ2n) is 4.61. The molecule has 5 nitrogen and oxygen atoms in total. The number of rotatable bonds is 2. The molecule has 0 amide bonds. The van der Waals surface area contributed by atoms with E-state index in [9.17, 15) is 0 Å². The van der Waals surface area contributed by atoms with Gasteiger partial charge in [0.1, 0.15) is 0 Å². The Labute approximate surface area is 131 Å². The number of aromatic nitrogens is 4. The van der Waals surface area contributed by atoms with Crippen molar-refractivity contribution in [2.45, 2.75) is 6.92 Å². The van der Waals surface area contributed by atoms with E-state index in [1.54, 1.807) is 16.8 Å². The molecule has 1 aromatic heterocycles. The summed E-state index contributed by atoms with van der Waals surface area (Å²) in [4.78, 5) is 0. The van der Waals surface area contributed by atoms with Crippen LogP contribution in [0.4, 0.5) is 5.69 Å². The summed E-state index contributed by atoms with van der Waals surface area (Å²) >= 11 is 12.2. The highest BCUT2D eigenvalue weighted by molar-refractivity contribution is 6.33. The number of tetrazole rings is 1. The molecule has 1 heterocycles. The molecule has 7 heteroatoms. The highest BCUT2D eigenvalue weighted by Gasteiger charge is 2.14. The summed E-state index contributed by atoms with van der Waals surface area (Å²) in [6.07, 6.45) is 0. The fraction of sp³-hybridized carbons (Fsp3) is 0.0714. The summed E-state index contributed by atoms with van der Waals surface area (Å²) in [6.45, 7) is 1.97. The highest BCUT2D eigenvalue weighted by atomic mass is 35.5. The molecule has 2 aromatic carbocycles. The third kappa shape index (κ3) is 2.57. The molecule has 0 aliphatic rings. The number of benzene rings is 2. The largest absolute Gasteiger partial charge is 0.398 e. The lowest BCUT2D eigenvalue weighted by Crippen LogP contribution is -2.01. The number of hydrogen-bond acceptors (Lipinski definition) is 4. The molecule has 21 heavy (non-hydrogen) atoms. The van der Waals surface area contributed by atoms with Crippen molar-refractivity contribution in [1.82, 2.24) is 20.2 Å². The van der Waals surface area contributed by atoms with Gasteiger partial charge in [0.15, 0.2) is 5.82 Å². The zero-order valence-electron chi connectivity index (χ0n) is 11.1. The van der Waals surface area contributed by atoms with E-state index in [-0.39, 0.29) is 0 Å². The van der Waals surface area contributed by atoms with Gasteiger partial charge in [0.05, 0.1) is 21.4 Å². The van der Waals surface area contributed by atoms with Gasteiger partial charge in [-0.25, -0.2) is 0 Å². The third-order valence-corrected chi connectivity index (χ3v) is 3.70. The Kier molecular flexibility index (Phi) is 3.53. The number of nitrogens with zero attached hydrogens (tertiary/aromatic N) is 4. The molecule has 0 spiro atoms. The number of hydrogen-bond donors (Lipinski definition) is 1. The van der Waals surface area contributed by atoms with Crippen LogP contribution in [0.2, 0.25) is 10.0 Å². The lowest BCUT2D eigenvalue weighted by Gasteiger charge is -2.08. The van der Waals surface area contributed by atoms with Crippen LogP contribution >= 0.6 is 23.2 Å². The first-order valence-corrected chi connectivity index (χ1v) is 6.92. The van der Waals surface area contributed by atoms with E-state index in [0.717, 1.165) is 11.1 Å². The fourth-order valence-electron chi connectivity index (χ4n) is 2.00. The Morgan fingerprint density at radius 3 is 2.57 bits per heavy atom. The van der Waals surface area contributed by atoms with Crippen LogP contribution in [0, 0.1) is 6.92 Å². The van der Waals surface area contributed by atoms with E-state index in [4.69, 9.17) is 28.9 Å². The Balaban J connectivity index is 2.14. The average Bonchev–Trinajstić information content (AvgIpc) is 2.91. The topological polar surface area (TPSA) is 69.6 Å². The highest BCUT2D eigenvalue weighted by Crippen LogP contribution is 2.28. The minimum atomic E-state index is 0.471. The van der Waals surface area contributed by atoms with Crippen molar-refractivity contribution in [2.75, 3.05) is 5.73 Å². The molecule has 3 aromatic rings. The molecule has 3 rings (SSSR count). The first-order valence-electron chi connectivity index (χ1n) is 6.16. The van der Waals surface area contributed by atoms with Crippen molar-refractivity contribution in [3.8, 4) is 17.1 Å². The monoisotopic (exact) mass is 319 g/mol.